The van der Waals surface area contributed by atoms with Crippen LogP contribution in [0.15, 0.2) is 162 Å². The molecule has 0 atom stereocenters. The van der Waals surface area contributed by atoms with Crippen molar-refractivity contribution in [3.05, 3.63) is 158 Å². The molecule has 0 radical (unpaired) electrons. The number of nitrogens with zero attached hydrogens (tertiary/aromatic N) is 4. The van der Waals surface area contributed by atoms with Crippen LogP contribution in [0.2, 0.25) is 0 Å². The van der Waals surface area contributed by atoms with Crippen molar-refractivity contribution in [3.8, 4) is 56.7 Å². The minimum Gasteiger partial charge on any atom is -0.435 e. The number of rotatable bonds is 5. The molecular weight excluding hydrogens is 576 g/mol. The van der Waals surface area contributed by atoms with Crippen LogP contribution in [0.25, 0.3) is 89.4 Å². The van der Waals surface area contributed by atoms with Crippen molar-refractivity contribution < 1.29 is 4.42 Å². The van der Waals surface area contributed by atoms with Crippen LogP contribution in [0.4, 0.5) is 0 Å². The summed E-state index contributed by atoms with van der Waals surface area (Å²) in [6.45, 7) is 0. The van der Waals surface area contributed by atoms with Gasteiger partial charge in [-0.05, 0) is 39.4 Å². The van der Waals surface area contributed by atoms with E-state index >= 15 is 0 Å². The largest absolute Gasteiger partial charge is 0.435 e. The van der Waals surface area contributed by atoms with Crippen LogP contribution in [0.3, 0.4) is 0 Å². The molecule has 0 spiro atoms. The van der Waals surface area contributed by atoms with Gasteiger partial charge in [-0.3, -0.25) is 0 Å². The average Bonchev–Trinajstić information content (AvgIpc) is 3.60. The third kappa shape index (κ3) is 4.82. The predicted molar refractivity (Wildman–Crippen MR) is 190 cm³/mol. The number of aromatic nitrogens is 4. The fourth-order valence-electron chi connectivity index (χ4n) is 6.24. The van der Waals surface area contributed by atoms with Crippen molar-refractivity contribution in [1.29, 1.82) is 0 Å². The summed E-state index contributed by atoms with van der Waals surface area (Å²) in [5.74, 6) is 2.54. The van der Waals surface area contributed by atoms with Crippen LogP contribution >= 0.6 is 0 Å². The Balaban J connectivity index is 1.12. The Kier molecular flexibility index (Phi) is 6.39. The molecule has 0 unspecified atom stereocenters. The van der Waals surface area contributed by atoms with Crippen molar-refractivity contribution in [2.24, 2.45) is 0 Å². The normalized spacial score (nSPS) is 11.4. The molecule has 47 heavy (non-hydrogen) atoms. The summed E-state index contributed by atoms with van der Waals surface area (Å²) < 4.78 is 6.44. The molecular formula is C42H26N4O. The van der Waals surface area contributed by atoms with E-state index in [1.807, 2.05) is 78.9 Å². The maximum Gasteiger partial charge on any atom is 0.227 e. The van der Waals surface area contributed by atoms with E-state index in [0.717, 1.165) is 66.0 Å². The maximum absolute atomic E-state index is 6.44. The second kappa shape index (κ2) is 11.2. The average molecular weight is 603 g/mol. The third-order valence-corrected chi connectivity index (χ3v) is 8.59. The monoisotopic (exact) mass is 602 g/mol. The molecule has 0 aliphatic rings. The molecule has 5 nitrogen and oxygen atoms in total. The van der Waals surface area contributed by atoms with Gasteiger partial charge in [0.15, 0.2) is 23.1 Å². The highest BCUT2D eigenvalue weighted by molar-refractivity contribution is 6.06. The molecule has 9 aromatic rings. The highest BCUT2D eigenvalue weighted by Gasteiger charge is 2.17. The summed E-state index contributed by atoms with van der Waals surface area (Å²) in [6.07, 6.45) is 0. The second-order valence-electron chi connectivity index (χ2n) is 11.5. The van der Waals surface area contributed by atoms with Gasteiger partial charge in [0.25, 0.3) is 0 Å². The molecule has 220 valence electrons. The highest BCUT2D eigenvalue weighted by atomic mass is 16.3. The van der Waals surface area contributed by atoms with Crippen LogP contribution in [0, 0.1) is 0 Å². The van der Waals surface area contributed by atoms with Crippen molar-refractivity contribution in [2.45, 2.75) is 0 Å². The number of hydrogen-bond donors (Lipinski definition) is 0. The summed E-state index contributed by atoms with van der Waals surface area (Å²) >= 11 is 0. The van der Waals surface area contributed by atoms with Gasteiger partial charge in [-0.2, -0.15) is 0 Å². The summed E-state index contributed by atoms with van der Waals surface area (Å²) in [5.41, 5.74) is 7.67. The Morgan fingerprint density at radius 3 is 1.47 bits per heavy atom. The van der Waals surface area contributed by atoms with Gasteiger partial charge in [-0.15, -0.1) is 0 Å². The van der Waals surface area contributed by atoms with E-state index in [1.54, 1.807) is 0 Å². The molecule has 0 saturated carbocycles. The van der Waals surface area contributed by atoms with Crippen molar-refractivity contribution >= 4 is 32.6 Å². The van der Waals surface area contributed by atoms with E-state index in [9.17, 15) is 0 Å². The second-order valence-corrected chi connectivity index (χ2v) is 11.5. The molecule has 5 heteroatoms. The zero-order valence-corrected chi connectivity index (χ0v) is 25.2. The first kappa shape index (κ1) is 26.9. The quantitative estimate of drug-likeness (QED) is 0.196. The number of fused-ring (bicyclic) bond motifs is 4. The van der Waals surface area contributed by atoms with Gasteiger partial charge in [-0.25, -0.2) is 19.9 Å². The third-order valence-electron chi connectivity index (χ3n) is 8.59. The van der Waals surface area contributed by atoms with Crippen molar-refractivity contribution in [2.75, 3.05) is 0 Å². The van der Waals surface area contributed by atoms with Crippen LogP contribution in [0.5, 0.6) is 0 Å². The molecule has 9 rings (SSSR count). The van der Waals surface area contributed by atoms with E-state index in [1.165, 1.54) is 0 Å². The number of oxazole rings is 1. The lowest BCUT2D eigenvalue weighted by atomic mass is 9.94. The van der Waals surface area contributed by atoms with E-state index in [2.05, 4.69) is 78.9 Å². The molecule has 0 aliphatic carbocycles. The van der Waals surface area contributed by atoms with Crippen molar-refractivity contribution in [1.82, 2.24) is 19.9 Å². The zero-order valence-electron chi connectivity index (χ0n) is 25.2. The lowest BCUT2D eigenvalue weighted by molar-refractivity contribution is 0.624. The highest BCUT2D eigenvalue weighted by Crippen LogP contribution is 2.38. The molecule has 2 aromatic heterocycles. The zero-order chi connectivity index (χ0) is 31.2. The predicted octanol–water partition coefficient (Wildman–Crippen LogP) is 10.7. The molecule has 0 amide bonds. The Bertz CT molecular complexity index is 2500. The topological polar surface area (TPSA) is 64.7 Å². The lowest BCUT2D eigenvalue weighted by Gasteiger charge is -2.11. The van der Waals surface area contributed by atoms with E-state index < -0.39 is 0 Å². The molecule has 0 bridgehead atoms. The van der Waals surface area contributed by atoms with Crippen molar-refractivity contribution in [3.63, 3.8) is 0 Å². The van der Waals surface area contributed by atoms with E-state index in [-0.39, 0.29) is 0 Å². The van der Waals surface area contributed by atoms with Gasteiger partial charge in [-0.1, -0.05) is 146 Å². The summed E-state index contributed by atoms with van der Waals surface area (Å²) in [6, 6.07) is 53.6. The van der Waals surface area contributed by atoms with Gasteiger partial charge in [0.05, 0.1) is 0 Å². The maximum atomic E-state index is 6.44. The lowest BCUT2D eigenvalue weighted by Crippen LogP contribution is -2.00. The molecule has 0 saturated heterocycles. The molecule has 0 N–H and O–H groups in total. The SMILES string of the molecule is c1ccc(-c2nc(-c3ccccc3)nc(-c3ccc(-c4ccc(-c5nc6ccc7ccccc7c6o5)c5ccccc45)cc3)n2)cc1. The van der Waals surface area contributed by atoms with Crippen LogP contribution in [-0.4, -0.2) is 19.9 Å². The smallest absolute Gasteiger partial charge is 0.227 e. The fraction of sp³-hybridized carbons (Fsp3) is 0. The van der Waals surface area contributed by atoms with Gasteiger partial charge >= 0.3 is 0 Å². The standard InChI is InChI=1S/C42H26N4O/c1-3-12-29(13-4-1)39-44-40(30-14-5-2-6-15-30)46-41(45-39)31-21-19-28(20-22-31)32-24-25-36(35-18-10-9-17-34(32)35)42-43-37-26-23-27-11-7-8-16-33(27)38(37)47-42/h1-26H. The first-order valence-corrected chi connectivity index (χ1v) is 15.6. The Morgan fingerprint density at radius 1 is 0.340 bits per heavy atom. The summed E-state index contributed by atoms with van der Waals surface area (Å²) in [7, 11) is 0. The summed E-state index contributed by atoms with van der Waals surface area (Å²) in [5, 5.41) is 4.41. The van der Waals surface area contributed by atoms with Gasteiger partial charge in [0, 0.05) is 27.6 Å². The first-order valence-electron chi connectivity index (χ1n) is 15.6. The first-order chi connectivity index (χ1) is 23.3. The van der Waals surface area contributed by atoms with Crippen LogP contribution < -0.4 is 0 Å². The molecule has 0 aliphatic heterocycles. The summed E-state index contributed by atoms with van der Waals surface area (Å²) in [4.78, 5) is 19.5. The molecule has 7 aromatic carbocycles. The molecule has 0 fully saturated rings. The van der Waals surface area contributed by atoms with Gasteiger partial charge in [0.1, 0.15) is 5.52 Å². The van der Waals surface area contributed by atoms with E-state index in [4.69, 9.17) is 24.4 Å². The van der Waals surface area contributed by atoms with E-state index in [0.29, 0.717) is 23.4 Å². The number of benzene rings is 7. The van der Waals surface area contributed by atoms with Gasteiger partial charge < -0.3 is 4.42 Å². The Hall–Kier alpha value is -6.46. The Morgan fingerprint density at radius 2 is 0.830 bits per heavy atom. The Labute approximate surface area is 270 Å². The van der Waals surface area contributed by atoms with Crippen LogP contribution in [-0.2, 0) is 0 Å². The molecule has 2 heterocycles. The van der Waals surface area contributed by atoms with Crippen LogP contribution in [0.1, 0.15) is 0 Å². The fourth-order valence-corrected chi connectivity index (χ4v) is 6.24. The van der Waals surface area contributed by atoms with Gasteiger partial charge in [0.2, 0.25) is 5.89 Å². The number of hydrogen-bond acceptors (Lipinski definition) is 5. The minimum atomic E-state index is 0.618. The minimum absolute atomic E-state index is 0.618.